The van der Waals surface area contributed by atoms with E-state index in [4.69, 9.17) is 11.6 Å². The molecule has 0 spiro atoms. The molecule has 0 radical (unpaired) electrons. The van der Waals surface area contributed by atoms with Gasteiger partial charge >= 0.3 is 0 Å². The topological polar surface area (TPSA) is 16.1 Å². The van der Waals surface area contributed by atoms with Crippen LogP contribution in [0.2, 0.25) is 0 Å². The Morgan fingerprint density at radius 3 is 2.86 bits per heavy atom. The molecule has 0 aliphatic carbocycles. The smallest absolute Gasteiger partial charge is 0.0928 e. The van der Waals surface area contributed by atoms with Gasteiger partial charge in [0.25, 0.3) is 0 Å². The van der Waals surface area contributed by atoms with Crippen LogP contribution < -0.4 is 0 Å². The Bertz CT molecular complexity index is 510. The second-order valence-electron chi connectivity index (χ2n) is 5.44. The molecule has 2 aromatic rings. The number of likely N-dealkylation sites (N-methyl/N-ethyl adjacent to an activating group) is 1. The lowest BCUT2D eigenvalue weighted by Gasteiger charge is -2.24. The maximum absolute atomic E-state index is 5.77. The third kappa shape index (κ3) is 5.70. The highest BCUT2D eigenvalue weighted by Gasteiger charge is 2.10. The van der Waals surface area contributed by atoms with Crippen LogP contribution >= 0.6 is 34.3 Å². The van der Waals surface area contributed by atoms with E-state index in [9.17, 15) is 0 Å². The first-order valence-corrected chi connectivity index (χ1v) is 9.70. The van der Waals surface area contributed by atoms with Crippen molar-refractivity contribution in [2.24, 2.45) is 0 Å². The molecule has 0 N–H and O–H groups in total. The molecule has 0 saturated heterocycles. The summed E-state index contributed by atoms with van der Waals surface area (Å²) in [6, 6.07) is 4.97. The van der Waals surface area contributed by atoms with Gasteiger partial charge in [-0.2, -0.15) is 0 Å². The highest BCUT2D eigenvalue weighted by molar-refractivity contribution is 7.10. The van der Waals surface area contributed by atoms with Crippen LogP contribution in [-0.4, -0.2) is 29.5 Å². The van der Waals surface area contributed by atoms with Crippen LogP contribution in [0.3, 0.4) is 0 Å². The van der Waals surface area contributed by atoms with Crippen LogP contribution in [0, 0.1) is 0 Å². The van der Waals surface area contributed by atoms with Gasteiger partial charge in [-0.25, -0.2) is 4.98 Å². The first kappa shape index (κ1) is 16.9. The lowest BCUT2D eigenvalue weighted by molar-refractivity contribution is 0.252. The van der Waals surface area contributed by atoms with Gasteiger partial charge in [-0.05, 0) is 57.6 Å². The predicted octanol–water partition coefficient (Wildman–Crippen LogP) is 4.83. The Balaban J connectivity index is 1.63. The normalized spacial score (nSPS) is 13.0. The van der Waals surface area contributed by atoms with E-state index in [1.807, 2.05) is 11.3 Å². The molecule has 0 fully saturated rings. The number of unbranched alkanes of at least 4 members (excludes halogenated alkanes) is 1. The van der Waals surface area contributed by atoms with E-state index in [0.29, 0.717) is 11.9 Å². The molecule has 0 aliphatic rings. The standard InChI is InChI=1S/C16H23ClN2S2/c1-13(10-15-6-5-9-20-15)19(2)8-4-3-7-16-18-14(11-17)12-21-16/h5-6,9,12-13H,3-4,7-8,10-11H2,1-2H3. The maximum Gasteiger partial charge on any atom is 0.0928 e. The van der Waals surface area contributed by atoms with Crippen molar-refractivity contribution in [2.75, 3.05) is 13.6 Å². The first-order valence-electron chi connectivity index (χ1n) is 7.41. The second-order valence-corrected chi connectivity index (χ2v) is 7.68. The highest BCUT2D eigenvalue weighted by Crippen LogP contribution is 2.16. The molecule has 21 heavy (non-hydrogen) atoms. The Hall–Kier alpha value is -0.420. The van der Waals surface area contributed by atoms with Gasteiger partial charge in [-0.1, -0.05) is 6.07 Å². The molecule has 2 rings (SSSR count). The van der Waals surface area contributed by atoms with Gasteiger partial charge in [0.1, 0.15) is 0 Å². The number of aromatic nitrogens is 1. The zero-order valence-electron chi connectivity index (χ0n) is 12.7. The van der Waals surface area contributed by atoms with Crippen molar-refractivity contribution in [3.05, 3.63) is 38.5 Å². The molecule has 0 saturated carbocycles. The molecule has 1 unspecified atom stereocenters. The van der Waals surface area contributed by atoms with Gasteiger partial charge in [0.15, 0.2) is 0 Å². The SMILES string of the molecule is CC(Cc1cccs1)N(C)CCCCc1nc(CCl)cs1. The van der Waals surface area contributed by atoms with Crippen molar-refractivity contribution in [3.8, 4) is 0 Å². The van der Waals surface area contributed by atoms with Crippen molar-refractivity contribution in [1.82, 2.24) is 9.88 Å². The zero-order valence-corrected chi connectivity index (χ0v) is 15.1. The van der Waals surface area contributed by atoms with Crippen LogP contribution in [-0.2, 0) is 18.7 Å². The molecule has 0 aliphatic heterocycles. The number of halogens is 1. The Morgan fingerprint density at radius 1 is 1.33 bits per heavy atom. The quantitative estimate of drug-likeness (QED) is 0.479. The highest BCUT2D eigenvalue weighted by atomic mass is 35.5. The molecule has 1 atom stereocenters. The molecular formula is C16H23ClN2S2. The summed E-state index contributed by atoms with van der Waals surface area (Å²) in [4.78, 5) is 8.45. The minimum absolute atomic E-state index is 0.527. The van der Waals surface area contributed by atoms with Gasteiger partial charge < -0.3 is 4.90 Å². The third-order valence-corrected chi connectivity index (χ3v) is 5.85. The Kier molecular flexibility index (Phi) is 7.17. The summed E-state index contributed by atoms with van der Waals surface area (Å²) in [7, 11) is 2.23. The number of hydrogen-bond donors (Lipinski definition) is 0. The number of rotatable bonds is 9. The number of hydrogen-bond acceptors (Lipinski definition) is 4. The lowest BCUT2D eigenvalue weighted by atomic mass is 10.1. The number of aryl methyl sites for hydroxylation is 1. The molecule has 0 bridgehead atoms. The minimum atomic E-state index is 0.527. The summed E-state index contributed by atoms with van der Waals surface area (Å²) >= 11 is 9.36. The first-order chi connectivity index (χ1) is 10.2. The molecule has 5 heteroatoms. The van der Waals surface area contributed by atoms with Gasteiger partial charge in [-0.15, -0.1) is 34.3 Å². The lowest BCUT2D eigenvalue weighted by Crippen LogP contribution is -2.31. The second kappa shape index (κ2) is 8.89. The van der Waals surface area contributed by atoms with E-state index in [0.717, 1.165) is 25.1 Å². The van der Waals surface area contributed by atoms with Gasteiger partial charge in [0.2, 0.25) is 0 Å². The van der Waals surface area contributed by atoms with E-state index in [2.05, 4.69) is 46.7 Å². The fraction of sp³-hybridized carbons (Fsp3) is 0.562. The van der Waals surface area contributed by atoms with Crippen molar-refractivity contribution in [1.29, 1.82) is 0 Å². The van der Waals surface area contributed by atoms with Crippen molar-refractivity contribution in [2.45, 2.75) is 44.5 Å². The van der Waals surface area contributed by atoms with Crippen LogP contribution in [0.5, 0.6) is 0 Å². The zero-order chi connectivity index (χ0) is 15.1. The van der Waals surface area contributed by atoms with Crippen LogP contribution in [0.25, 0.3) is 0 Å². The van der Waals surface area contributed by atoms with Crippen molar-refractivity contribution in [3.63, 3.8) is 0 Å². The summed E-state index contributed by atoms with van der Waals surface area (Å²) in [5.41, 5.74) is 1.01. The van der Waals surface area contributed by atoms with Crippen molar-refractivity contribution >= 4 is 34.3 Å². The van der Waals surface area contributed by atoms with E-state index in [-0.39, 0.29) is 0 Å². The fourth-order valence-electron chi connectivity index (χ4n) is 2.26. The predicted molar refractivity (Wildman–Crippen MR) is 94.7 cm³/mol. The number of nitrogens with zero attached hydrogens (tertiary/aromatic N) is 2. The van der Waals surface area contributed by atoms with E-state index >= 15 is 0 Å². The van der Waals surface area contributed by atoms with Gasteiger partial charge in [0, 0.05) is 16.3 Å². The molecule has 0 aromatic carbocycles. The Labute approximate surface area is 140 Å². The van der Waals surface area contributed by atoms with E-state index in [1.54, 1.807) is 11.3 Å². The minimum Gasteiger partial charge on any atom is -0.303 e. The average Bonchev–Trinajstić information content (AvgIpc) is 3.14. The summed E-state index contributed by atoms with van der Waals surface area (Å²) < 4.78 is 0. The number of alkyl halides is 1. The average molecular weight is 343 g/mol. The summed E-state index contributed by atoms with van der Waals surface area (Å²) in [5, 5.41) is 5.45. The largest absolute Gasteiger partial charge is 0.303 e. The molecule has 116 valence electrons. The molecular weight excluding hydrogens is 320 g/mol. The van der Waals surface area contributed by atoms with E-state index in [1.165, 1.54) is 22.7 Å². The fourth-order valence-corrected chi connectivity index (χ4v) is 4.15. The third-order valence-electron chi connectivity index (χ3n) is 3.72. The Morgan fingerprint density at radius 2 is 2.19 bits per heavy atom. The van der Waals surface area contributed by atoms with Gasteiger partial charge in [0.05, 0.1) is 16.6 Å². The van der Waals surface area contributed by atoms with Crippen molar-refractivity contribution < 1.29 is 0 Å². The monoisotopic (exact) mass is 342 g/mol. The van der Waals surface area contributed by atoms with Crippen LogP contribution in [0.1, 0.15) is 35.3 Å². The van der Waals surface area contributed by atoms with Crippen LogP contribution in [0.4, 0.5) is 0 Å². The molecule has 2 aromatic heterocycles. The number of thiazole rings is 1. The summed E-state index contributed by atoms with van der Waals surface area (Å²) in [6.45, 7) is 3.47. The molecule has 2 nitrogen and oxygen atoms in total. The van der Waals surface area contributed by atoms with E-state index < -0.39 is 0 Å². The molecule has 2 heterocycles. The van der Waals surface area contributed by atoms with Crippen LogP contribution in [0.15, 0.2) is 22.9 Å². The summed E-state index contributed by atoms with van der Waals surface area (Å²) in [6.07, 6.45) is 4.65. The molecule has 0 amide bonds. The maximum atomic E-state index is 5.77. The summed E-state index contributed by atoms with van der Waals surface area (Å²) in [5.74, 6) is 0.527. The van der Waals surface area contributed by atoms with Gasteiger partial charge in [-0.3, -0.25) is 0 Å². The number of thiophene rings is 1.